The van der Waals surface area contributed by atoms with Crippen molar-refractivity contribution in [3.05, 3.63) is 35.9 Å². The van der Waals surface area contributed by atoms with E-state index in [2.05, 4.69) is 0 Å². The topological polar surface area (TPSA) is 104 Å². The first-order chi connectivity index (χ1) is 11.6. The molecule has 0 fully saturated rings. The lowest BCUT2D eigenvalue weighted by molar-refractivity contribution is -0.150. The third-order valence-electron chi connectivity index (χ3n) is 3.30. The first kappa shape index (κ1) is 20.6. The molecule has 25 heavy (non-hydrogen) atoms. The molecular formula is C18H25NO6. The molecule has 0 heterocycles. The monoisotopic (exact) mass is 351 g/mol. The van der Waals surface area contributed by atoms with Crippen LogP contribution in [-0.2, 0) is 14.3 Å². The van der Waals surface area contributed by atoms with E-state index in [0.29, 0.717) is 4.90 Å². The highest BCUT2D eigenvalue weighted by molar-refractivity contribution is 5.97. The summed E-state index contributed by atoms with van der Waals surface area (Å²) >= 11 is 0. The van der Waals surface area contributed by atoms with E-state index < -0.39 is 35.5 Å². The highest BCUT2D eigenvalue weighted by Crippen LogP contribution is 2.25. The van der Waals surface area contributed by atoms with Crippen molar-refractivity contribution in [2.45, 2.75) is 45.8 Å². The van der Waals surface area contributed by atoms with Crippen LogP contribution in [-0.4, -0.2) is 45.3 Å². The Morgan fingerprint density at radius 1 is 1.16 bits per heavy atom. The summed E-state index contributed by atoms with van der Waals surface area (Å²) in [7, 11) is 0. The van der Waals surface area contributed by atoms with Gasteiger partial charge in [-0.1, -0.05) is 37.3 Å². The van der Waals surface area contributed by atoms with Gasteiger partial charge in [-0.05, 0) is 32.3 Å². The van der Waals surface area contributed by atoms with Crippen LogP contribution in [0.1, 0.15) is 45.7 Å². The number of benzene rings is 1. The minimum Gasteiger partial charge on any atom is -0.479 e. The van der Waals surface area contributed by atoms with Gasteiger partial charge in [0.2, 0.25) is 5.91 Å². The van der Waals surface area contributed by atoms with E-state index in [-0.39, 0.29) is 18.6 Å². The third-order valence-corrected chi connectivity index (χ3v) is 3.30. The number of aliphatic hydroxyl groups excluding tert-OH is 1. The van der Waals surface area contributed by atoms with Crippen molar-refractivity contribution in [1.29, 1.82) is 0 Å². The van der Waals surface area contributed by atoms with Crippen LogP contribution in [0, 0.1) is 5.92 Å². The maximum Gasteiger partial charge on any atom is 0.418 e. The van der Waals surface area contributed by atoms with Crippen molar-refractivity contribution in [2.75, 3.05) is 6.61 Å². The Morgan fingerprint density at radius 3 is 2.16 bits per heavy atom. The van der Waals surface area contributed by atoms with Crippen LogP contribution in [0.2, 0.25) is 0 Å². The zero-order chi connectivity index (χ0) is 19.2. The van der Waals surface area contributed by atoms with Crippen molar-refractivity contribution < 1.29 is 29.3 Å². The molecule has 0 saturated carbocycles. The van der Waals surface area contributed by atoms with Gasteiger partial charge < -0.3 is 14.9 Å². The van der Waals surface area contributed by atoms with Gasteiger partial charge in [-0.15, -0.1) is 0 Å². The molecule has 0 spiro atoms. The fourth-order valence-electron chi connectivity index (χ4n) is 2.16. The number of imide groups is 1. The standard InChI is InChI=1S/C18H25NO6/c1-12(11-20)10-14(21)19(17(24)25-18(2,3)4)15(16(22)23)13-8-6-5-7-9-13/h5-9,12,15,20H,10-11H2,1-4H3,(H,22,23). The highest BCUT2D eigenvalue weighted by Gasteiger charge is 2.38. The molecule has 2 atom stereocenters. The van der Waals surface area contributed by atoms with Gasteiger partial charge in [-0.25, -0.2) is 14.5 Å². The molecule has 0 aromatic heterocycles. The molecule has 1 rings (SSSR count). The van der Waals surface area contributed by atoms with E-state index in [1.54, 1.807) is 45.9 Å². The molecule has 1 aromatic rings. The maximum absolute atomic E-state index is 12.6. The molecule has 7 heteroatoms. The summed E-state index contributed by atoms with van der Waals surface area (Å²) in [4.78, 5) is 37.6. The number of rotatable bonds is 6. The lowest BCUT2D eigenvalue weighted by Crippen LogP contribution is -2.46. The Labute approximate surface area is 147 Å². The van der Waals surface area contributed by atoms with E-state index in [9.17, 15) is 19.5 Å². The van der Waals surface area contributed by atoms with E-state index in [1.807, 2.05) is 0 Å². The van der Waals surface area contributed by atoms with Gasteiger partial charge in [-0.3, -0.25) is 4.79 Å². The van der Waals surface area contributed by atoms with E-state index in [1.165, 1.54) is 12.1 Å². The van der Waals surface area contributed by atoms with Gasteiger partial charge in [0.15, 0.2) is 6.04 Å². The van der Waals surface area contributed by atoms with Crippen molar-refractivity contribution in [1.82, 2.24) is 4.90 Å². The largest absolute Gasteiger partial charge is 0.479 e. The molecule has 2 amide bonds. The minimum absolute atomic E-state index is 0.174. The molecule has 138 valence electrons. The van der Waals surface area contributed by atoms with Gasteiger partial charge >= 0.3 is 12.1 Å². The second-order valence-electron chi connectivity index (χ2n) is 6.89. The van der Waals surface area contributed by atoms with Gasteiger partial charge in [0.05, 0.1) is 0 Å². The number of carboxylic acids is 1. The molecule has 0 aliphatic carbocycles. The second-order valence-corrected chi connectivity index (χ2v) is 6.89. The van der Waals surface area contributed by atoms with Gasteiger partial charge in [-0.2, -0.15) is 0 Å². The average Bonchev–Trinajstić information content (AvgIpc) is 2.50. The number of hydrogen-bond acceptors (Lipinski definition) is 5. The molecule has 0 radical (unpaired) electrons. The smallest absolute Gasteiger partial charge is 0.418 e. The molecule has 2 N–H and O–H groups in total. The van der Waals surface area contributed by atoms with Crippen LogP contribution < -0.4 is 0 Å². The van der Waals surface area contributed by atoms with Crippen LogP contribution in [0.25, 0.3) is 0 Å². The van der Waals surface area contributed by atoms with Crippen LogP contribution in [0.3, 0.4) is 0 Å². The molecule has 7 nitrogen and oxygen atoms in total. The van der Waals surface area contributed by atoms with Crippen LogP contribution in [0.4, 0.5) is 4.79 Å². The fourth-order valence-corrected chi connectivity index (χ4v) is 2.16. The molecule has 0 aliphatic rings. The Hall–Kier alpha value is -2.41. The number of ether oxygens (including phenoxy) is 1. The predicted molar refractivity (Wildman–Crippen MR) is 90.8 cm³/mol. The predicted octanol–water partition coefficient (Wildman–Crippen LogP) is 2.59. The average molecular weight is 351 g/mol. The quantitative estimate of drug-likeness (QED) is 0.816. The SMILES string of the molecule is CC(CO)CC(=O)N(C(=O)OC(C)(C)C)C(C(=O)O)c1ccccc1. The zero-order valence-corrected chi connectivity index (χ0v) is 14.9. The lowest BCUT2D eigenvalue weighted by atomic mass is 10.0. The summed E-state index contributed by atoms with van der Waals surface area (Å²) in [5.74, 6) is -2.48. The second kappa shape index (κ2) is 8.62. The molecule has 0 bridgehead atoms. The number of carbonyl (C=O) groups is 3. The zero-order valence-electron chi connectivity index (χ0n) is 14.9. The number of aliphatic carboxylic acids is 1. The van der Waals surface area contributed by atoms with Crippen molar-refractivity contribution in [3.8, 4) is 0 Å². The van der Waals surface area contributed by atoms with Crippen molar-refractivity contribution in [3.63, 3.8) is 0 Å². The number of nitrogens with zero attached hydrogens (tertiary/aromatic N) is 1. The highest BCUT2D eigenvalue weighted by atomic mass is 16.6. The number of aliphatic hydroxyl groups is 1. The third kappa shape index (κ3) is 6.19. The Balaban J connectivity index is 3.29. The first-order valence-electron chi connectivity index (χ1n) is 8.00. The maximum atomic E-state index is 12.6. The Bertz CT molecular complexity index is 608. The Kier molecular flexibility index (Phi) is 7.11. The summed E-state index contributed by atoms with van der Waals surface area (Å²) in [6.07, 6.45) is -1.20. The van der Waals surface area contributed by atoms with Gasteiger partial charge in [0, 0.05) is 13.0 Å². The van der Waals surface area contributed by atoms with Crippen molar-refractivity contribution >= 4 is 18.0 Å². The van der Waals surface area contributed by atoms with E-state index in [0.717, 1.165) is 0 Å². The van der Waals surface area contributed by atoms with Crippen LogP contribution in [0.15, 0.2) is 30.3 Å². The first-order valence-corrected chi connectivity index (χ1v) is 8.00. The molecule has 1 aromatic carbocycles. The normalized spacial score (nSPS) is 13.6. The minimum atomic E-state index is -1.51. The summed E-state index contributed by atoms with van der Waals surface area (Å²) in [6, 6.07) is 6.50. The number of carboxylic acid groups (broad SMARTS) is 1. The summed E-state index contributed by atoms with van der Waals surface area (Å²) < 4.78 is 5.23. The summed E-state index contributed by atoms with van der Waals surface area (Å²) in [5.41, 5.74) is -0.608. The van der Waals surface area contributed by atoms with Crippen LogP contribution >= 0.6 is 0 Å². The lowest BCUT2D eigenvalue weighted by Gasteiger charge is -2.30. The molecule has 0 aliphatic heterocycles. The van der Waals surface area contributed by atoms with E-state index in [4.69, 9.17) is 9.84 Å². The summed E-state index contributed by atoms with van der Waals surface area (Å²) in [6.45, 7) is 6.26. The van der Waals surface area contributed by atoms with Crippen LogP contribution in [0.5, 0.6) is 0 Å². The fraction of sp³-hybridized carbons (Fsp3) is 0.500. The summed E-state index contributed by atoms with van der Waals surface area (Å²) in [5, 5.41) is 18.8. The number of carbonyl (C=O) groups excluding carboxylic acids is 2. The van der Waals surface area contributed by atoms with E-state index >= 15 is 0 Å². The van der Waals surface area contributed by atoms with Crippen molar-refractivity contribution in [2.24, 2.45) is 5.92 Å². The Morgan fingerprint density at radius 2 is 1.72 bits per heavy atom. The van der Waals surface area contributed by atoms with Gasteiger partial charge in [0.25, 0.3) is 0 Å². The molecule has 0 saturated heterocycles. The number of amides is 2. The number of hydrogen-bond donors (Lipinski definition) is 2. The molecule has 2 unspecified atom stereocenters. The van der Waals surface area contributed by atoms with Gasteiger partial charge in [0.1, 0.15) is 5.60 Å². The molecular weight excluding hydrogens is 326 g/mol.